The molecule has 1 fully saturated rings. The average Bonchev–Trinajstić information content (AvgIpc) is 2.73. The number of hydrogen-bond donors (Lipinski definition) is 2. The maximum absolute atomic E-state index is 4.52. The topological polar surface area (TPSA) is 40.7 Å². The molecule has 1 aliphatic carbocycles. The Balaban J connectivity index is 0.000000853. The van der Waals surface area contributed by atoms with E-state index in [0.717, 1.165) is 13.1 Å². The van der Waals surface area contributed by atoms with E-state index >= 15 is 0 Å². The lowest BCUT2D eigenvalue weighted by molar-refractivity contribution is 0.299. The van der Waals surface area contributed by atoms with Crippen molar-refractivity contribution in [3.8, 4) is 0 Å². The zero-order valence-corrected chi connectivity index (χ0v) is 9.91. The molecule has 1 aromatic rings. The van der Waals surface area contributed by atoms with E-state index in [4.69, 9.17) is 0 Å². The van der Waals surface area contributed by atoms with Crippen molar-refractivity contribution in [2.24, 2.45) is 0 Å². The van der Waals surface area contributed by atoms with Crippen LogP contribution in [0.25, 0.3) is 0 Å². The zero-order valence-electron chi connectivity index (χ0n) is 9.10. The molecule has 0 radical (unpaired) electrons. The molecule has 2 heterocycles. The first-order valence-electron chi connectivity index (χ1n) is 5.57. The first-order chi connectivity index (χ1) is 6.82. The Morgan fingerprint density at radius 1 is 1.20 bits per heavy atom. The summed E-state index contributed by atoms with van der Waals surface area (Å²) in [5.74, 6) is 0. The van der Waals surface area contributed by atoms with E-state index in [2.05, 4.69) is 22.4 Å². The number of piperidine rings is 1. The van der Waals surface area contributed by atoms with Gasteiger partial charge in [-0.2, -0.15) is 5.10 Å². The minimum atomic E-state index is 0. The largest absolute Gasteiger partial charge is 0.317 e. The normalized spacial score (nSPS) is 22.5. The molecule has 2 N–H and O–H groups in total. The molecule has 1 aromatic heterocycles. The minimum absolute atomic E-state index is 0. The Labute approximate surface area is 96.4 Å². The molecule has 0 atom stereocenters. The molecular formula is C11H18ClN3. The number of H-pyrrole nitrogens is 1. The molecule has 0 aromatic carbocycles. The fraction of sp³-hybridized carbons (Fsp3) is 0.727. The number of nitrogens with zero attached hydrogens (tertiary/aromatic N) is 1. The smallest absolute Gasteiger partial charge is 0.0719 e. The third-order valence-electron chi connectivity index (χ3n) is 3.99. The summed E-state index contributed by atoms with van der Waals surface area (Å²) in [6, 6.07) is 0. The van der Waals surface area contributed by atoms with Gasteiger partial charge in [-0.3, -0.25) is 5.10 Å². The van der Waals surface area contributed by atoms with Crippen molar-refractivity contribution in [2.75, 3.05) is 13.1 Å². The third kappa shape index (κ3) is 1.49. The van der Waals surface area contributed by atoms with Crippen LogP contribution in [-0.2, 0) is 11.8 Å². The van der Waals surface area contributed by atoms with E-state index < -0.39 is 0 Å². The summed E-state index contributed by atoms with van der Waals surface area (Å²) >= 11 is 0. The van der Waals surface area contributed by atoms with Crippen molar-refractivity contribution in [1.82, 2.24) is 15.5 Å². The fourth-order valence-corrected chi connectivity index (χ4v) is 3.07. The lowest BCUT2D eigenvalue weighted by atomic mass is 9.77. The van der Waals surface area contributed by atoms with E-state index in [9.17, 15) is 0 Å². The van der Waals surface area contributed by atoms with Crippen molar-refractivity contribution < 1.29 is 0 Å². The molecule has 15 heavy (non-hydrogen) atoms. The predicted molar refractivity (Wildman–Crippen MR) is 62.7 cm³/mol. The van der Waals surface area contributed by atoms with Crippen LogP contribution in [0.3, 0.4) is 0 Å². The van der Waals surface area contributed by atoms with Gasteiger partial charge < -0.3 is 5.32 Å². The number of hydrogen-bond acceptors (Lipinski definition) is 2. The summed E-state index contributed by atoms with van der Waals surface area (Å²) in [5, 5.41) is 11.1. The van der Waals surface area contributed by atoms with Crippen molar-refractivity contribution in [1.29, 1.82) is 0 Å². The summed E-state index contributed by atoms with van der Waals surface area (Å²) in [7, 11) is 0. The fourth-order valence-electron chi connectivity index (χ4n) is 3.07. The van der Waals surface area contributed by atoms with Gasteiger partial charge >= 0.3 is 0 Å². The molecule has 3 nitrogen and oxygen atoms in total. The van der Waals surface area contributed by atoms with Crippen molar-refractivity contribution >= 4 is 12.4 Å². The van der Waals surface area contributed by atoms with Crippen LogP contribution in [0.4, 0.5) is 0 Å². The van der Waals surface area contributed by atoms with Crippen LogP contribution >= 0.6 is 12.4 Å². The van der Waals surface area contributed by atoms with Crippen LogP contribution in [0, 0.1) is 6.92 Å². The highest BCUT2D eigenvalue weighted by Gasteiger charge is 2.42. The number of nitrogens with one attached hydrogen (secondary N) is 2. The summed E-state index contributed by atoms with van der Waals surface area (Å²) in [5.41, 5.74) is 4.60. The number of aromatic nitrogens is 2. The van der Waals surface area contributed by atoms with Gasteiger partial charge in [0.1, 0.15) is 0 Å². The van der Waals surface area contributed by atoms with Gasteiger partial charge in [-0.15, -0.1) is 12.4 Å². The van der Waals surface area contributed by atoms with Gasteiger partial charge in [-0.05, 0) is 51.3 Å². The Morgan fingerprint density at radius 3 is 2.67 bits per heavy atom. The Bertz CT molecular complexity index is 353. The summed E-state index contributed by atoms with van der Waals surface area (Å²) < 4.78 is 0. The SMILES string of the molecule is Cc1[nH]nc2c1CCC21CCNCC1.Cl. The molecule has 0 saturated carbocycles. The highest BCUT2D eigenvalue weighted by atomic mass is 35.5. The summed E-state index contributed by atoms with van der Waals surface area (Å²) in [6.45, 7) is 4.46. The molecule has 0 bridgehead atoms. The van der Waals surface area contributed by atoms with Crippen molar-refractivity contribution in [3.05, 3.63) is 17.0 Å². The highest BCUT2D eigenvalue weighted by Crippen LogP contribution is 2.44. The van der Waals surface area contributed by atoms with Crippen LogP contribution in [0.2, 0.25) is 0 Å². The molecule has 1 saturated heterocycles. The Morgan fingerprint density at radius 2 is 1.93 bits per heavy atom. The molecule has 84 valence electrons. The van der Waals surface area contributed by atoms with Gasteiger partial charge in [0.25, 0.3) is 0 Å². The molecule has 2 aliphatic rings. The monoisotopic (exact) mass is 227 g/mol. The number of halogens is 1. The van der Waals surface area contributed by atoms with Crippen LogP contribution in [-0.4, -0.2) is 23.3 Å². The summed E-state index contributed by atoms with van der Waals surface area (Å²) in [4.78, 5) is 0. The average molecular weight is 228 g/mol. The quantitative estimate of drug-likeness (QED) is 0.709. The molecule has 3 rings (SSSR count). The third-order valence-corrected chi connectivity index (χ3v) is 3.99. The van der Waals surface area contributed by atoms with Gasteiger partial charge in [0.15, 0.2) is 0 Å². The Hall–Kier alpha value is -0.540. The van der Waals surface area contributed by atoms with Gasteiger partial charge in [0.2, 0.25) is 0 Å². The minimum Gasteiger partial charge on any atom is -0.317 e. The van der Waals surface area contributed by atoms with E-state index in [1.54, 1.807) is 0 Å². The molecule has 4 heteroatoms. The lowest BCUT2D eigenvalue weighted by Gasteiger charge is -2.33. The second kappa shape index (κ2) is 3.80. The first-order valence-corrected chi connectivity index (χ1v) is 5.57. The van der Waals surface area contributed by atoms with Crippen LogP contribution in [0.1, 0.15) is 36.2 Å². The van der Waals surface area contributed by atoms with Crippen LogP contribution < -0.4 is 5.32 Å². The number of rotatable bonds is 0. The molecule has 1 aliphatic heterocycles. The van der Waals surface area contributed by atoms with Crippen LogP contribution in [0.15, 0.2) is 0 Å². The molecule has 0 amide bonds. The van der Waals surface area contributed by atoms with Crippen molar-refractivity contribution in [3.63, 3.8) is 0 Å². The second-order valence-corrected chi connectivity index (χ2v) is 4.71. The van der Waals surface area contributed by atoms with E-state index in [1.807, 2.05) is 0 Å². The second-order valence-electron chi connectivity index (χ2n) is 4.71. The lowest BCUT2D eigenvalue weighted by Crippen LogP contribution is -2.38. The van der Waals surface area contributed by atoms with E-state index in [-0.39, 0.29) is 12.4 Å². The molecule has 0 unspecified atom stereocenters. The van der Waals surface area contributed by atoms with Crippen molar-refractivity contribution in [2.45, 2.75) is 38.0 Å². The van der Waals surface area contributed by atoms with Gasteiger partial charge in [0, 0.05) is 11.1 Å². The standard InChI is InChI=1S/C11H17N3.ClH/c1-8-9-2-3-11(10(9)14-13-8)4-6-12-7-5-11;/h12H,2-7H2,1H3,(H,13,14);1H. The van der Waals surface area contributed by atoms with E-state index in [0.29, 0.717) is 5.41 Å². The molecular weight excluding hydrogens is 210 g/mol. The molecule has 1 spiro atoms. The number of aromatic amines is 1. The first kappa shape index (κ1) is 11.0. The Kier molecular flexibility index (Phi) is 2.77. The summed E-state index contributed by atoms with van der Waals surface area (Å²) in [6.07, 6.45) is 5.09. The maximum atomic E-state index is 4.52. The zero-order chi connectivity index (χ0) is 9.60. The van der Waals surface area contributed by atoms with E-state index in [1.165, 1.54) is 42.6 Å². The number of fused-ring (bicyclic) bond motifs is 2. The number of aryl methyl sites for hydroxylation is 1. The predicted octanol–water partition coefficient (Wildman–Crippen LogP) is 1.71. The van der Waals surface area contributed by atoms with Gasteiger partial charge in [0.05, 0.1) is 5.69 Å². The van der Waals surface area contributed by atoms with Crippen LogP contribution in [0.5, 0.6) is 0 Å². The maximum Gasteiger partial charge on any atom is 0.0719 e. The van der Waals surface area contributed by atoms with Gasteiger partial charge in [-0.1, -0.05) is 0 Å². The van der Waals surface area contributed by atoms with Gasteiger partial charge in [-0.25, -0.2) is 0 Å². The highest BCUT2D eigenvalue weighted by molar-refractivity contribution is 5.85.